The second-order valence-electron chi connectivity index (χ2n) is 5.93. The monoisotopic (exact) mass is 322 g/mol. The average Bonchev–Trinajstić information content (AvgIpc) is 2.93. The molecule has 4 nitrogen and oxygen atoms in total. The minimum Gasteiger partial charge on any atom is -0.497 e. The van der Waals surface area contributed by atoms with Crippen LogP contribution in [0.25, 0.3) is 0 Å². The molecule has 22 heavy (non-hydrogen) atoms. The number of hydrogen-bond donors (Lipinski definition) is 1. The Bertz CT molecular complexity index is 492. The molecule has 2 N–H and O–H groups in total. The lowest BCUT2D eigenvalue weighted by Crippen LogP contribution is -2.45. The van der Waals surface area contributed by atoms with E-state index in [0.29, 0.717) is 5.92 Å². The number of carbonyl (C=O) groups is 1. The van der Waals surface area contributed by atoms with Gasteiger partial charge in [-0.2, -0.15) is 11.8 Å². The Labute approximate surface area is 137 Å². The van der Waals surface area contributed by atoms with Crippen molar-refractivity contribution in [3.63, 3.8) is 0 Å². The maximum Gasteiger partial charge on any atom is 0.239 e. The van der Waals surface area contributed by atoms with Crippen LogP contribution in [0.5, 0.6) is 5.75 Å². The molecule has 0 aromatic heterocycles. The predicted octanol–water partition coefficient (Wildman–Crippen LogP) is 2.48. The van der Waals surface area contributed by atoms with Crippen LogP contribution in [0, 0.1) is 0 Å². The second kappa shape index (κ2) is 7.88. The molecular formula is C17H26N2O2S. The third kappa shape index (κ3) is 3.96. The van der Waals surface area contributed by atoms with Crippen molar-refractivity contribution >= 4 is 17.7 Å². The van der Waals surface area contributed by atoms with Crippen LogP contribution in [-0.2, 0) is 4.79 Å². The van der Waals surface area contributed by atoms with Crippen LogP contribution in [-0.4, -0.2) is 48.6 Å². The molecule has 1 fully saturated rings. The van der Waals surface area contributed by atoms with Gasteiger partial charge in [-0.3, -0.25) is 4.79 Å². The number of nitrogens with two attached hydrogens (primary N) is 1. The van der Waals surface area contributed by atoms with E-state index in [-0.39, 0.29) is 18.0 Å². The maximum atomic E-state index is 12.5. The van der Waals surface area contributed by atoms with Gasteiger partial charge in [0.1, 0.15) is 5.75 Å². The van der Waals surface area contributed by atoms with Gasteiger partial charge >= 0.3 is 0 Å². The van der Waals surface area contributed by atoms with Gasteiger partial charge in [0.2, 0.25) is 5.91 Å². The Hall–Kier alpha value is -1.20. The maximum absolute atomic E-state index is 12.5. The van der Waals surface area contributed by atoms with Gasteiger partial charge in [-0.1, -0.05) is 12.1 Å². The highest BCUT2D eigenvalue weighted by atomic mass is 32.2. The third-order valence-electron chi connectivity index (χ3n) is 4.40. The number of nitrogens with zero attached hydrogens (tertiary/aromatic N) is 1. The normalized spacial score (nSPS) is 22.6. The van der Waals surface area contributed by atoms with Crippen molar-refractivity contribution in [1.29, 1.82) is 0 Å². The molecule has 0 spiro atoms. The number of rotatable bonds is 6. The SMILES string of the molecule is COc1ccc([C@@H]2C[C@@H](C)N(C(=O)[C@@H](N)CCSC)C2)cc1. The number of benzene rings is 1. The topological polar surface area (TPSA) is 55.6 Å². The first-order valence-electron chi connectivity index (χ1n) is 7.75. The van der Waals surface area contributed by atoms with Gasteiger partial charge in [0.05, 0.1) is 13.2 Å². The molecule has 2 rings (SSSR count). The lowest BCUT2D eigenvalue weighted by molar-refractivity contribution is -0.133. The first-order chi connectivity index (χ1) is 10.6. The molecule has 0 radical (unpaired) electrons. The predicted molar refractivity (Wildman–Crippen MR) is 92.5 cm³/mol. The molecular weight excluding hydrogens is 296 g/mol. The molecule has 1 saturated heterocycles. The van der Waals surface area contributed by atoms with Crippen molar-refractivity contribution in [1.82, 2.24) is 4.90 Å². The van der Waals surface area contributed by atoms with Gasteiger partial charge in [-0.25, -0.2) is 0 Å². The number of ether oxygens (including phenoxy) is 1. The molecule has 1 aliphatic heterocycles. The summed E-state index contributed by atoms with van der Waals surface area (Å²) in [4.78, 5) is 14.5. The fraction of sp³-hybridized carbons (Fsp3) is 0.588. The van der Waals surface area contributed by atoms with Crippen LogP contribution in [0.3, 0.4) is 0 Å². The summed E-state index contributed by atoms with van der Waals surface area (Å²) in [6, 6.07) is 8.03. The minimum atomic E-state index is -0.371. The van der Waals surface area contributed by atoms with Crippen molar-refractivity contribution in [3.05, 3.63) is 29.8 Å². The first-order valence-corrected chi connectivity index (χ1v) is 9.15. The number of likely N-dealkylation sites (tertiary alicyclic amines) is 1. The van der Waals surface area contributed by atoms with Gasteiger partial charge in [0, 0.05) is 18.5 Å². The van der Waals surface area contributed by atoms with E-state index < -0.39 is 0 Å². The van der Waals surface area contributed by atoms with Crippen molar-refractivity contribution in [2.45, 2.75) is 37.8 Å². The van der Waals surface area contributed by atoms with E-state index in [2.05, 4.69) is 19.1 Å². The summed E-state index contributed by atoms with van der Waals surface area (Å²) in [7, 11) is 1.67. The summed E-state index contributed by atoms with van der Waals surface area (Å²) in [6.45, 7) is 2.88. The zero-order valence-electron chi connectivity index (χ0n) is 13.6. The minimum absolute atomic E-state index is 0.0950. The Morgan fingerprint density at radius 3 is 2.73 bits per heavy atom. The summed E-state index contributed by atoms with van der Waals surface area (Å²) >= 11 is 1.73. The molecule has 1 aliphatic rings. The van der Waals surface area contributed by atoms with E-state index in [4.69, 9.17) is 10.5 Å². The first kappa shape index (κ1) is 17.2. The summed E-state index contributed by atoms with van der Waals surface area (Å²) in [6.07, 6.45) is 3.78. The second-order valence-corrected chi connectivity index (χ2v) is 6.92. The zero-order chi connectivity index (χ0) is 16.1. The van der Waals surface area contributed by atoms with E-state index >= 15 is 0 Å². The van der Waals surface area contributed by atoms with Crippen molar-refractivity contribution < 1.29 is 9.53 Å². The lowest BCUT2D eigenvalue weighted by atomic mass is 9.97. The number of carbonyl (C=O) groups excluding carboxylic acids is 1. The molecule has 0 aliphatic carbocycles. The zero-order valence-corrected chi connectivity index (χ0v) is 14.4. The van der Waals surface area contributed by atoms with E-state index in [1.165, 1.54) is 5.56 Å². The van der Waals surface area contributed by atoms with Gasteiger partial charge in [-0.05, 0) is 49.5 Å². The molecule has 3 atom stereocenters. The molecule has 1 aromatic rings. The Balaban J connectivity index is 2.00. The van der Waals surface area contributed by atoms with Crippen LogP contribution < -0.4 is 10.5 Å². The Morgan fingerprint density at radius 1 is 1.45 bits per heavy atom. The fourth-order valence-corrected chi connectivity index (χ4v) is 3.53. The van der Waals surface area contributed by atoms with E-state index in [1.807, 2.05) is 23.3 Å². The molecule has 122 valence electrons. The molecule has 0 unspecified atom stereocenters. The van der Waals surface area contributed by atoms with Crippen molar-refractivity contribution in [3.8, 4) is 5.75 Å². The number of hydrogen-bond acceptors (Lipinski definition) is 4. The number of thioether (sulfide) groups is 1. The van der Waals surface area contributed by atoms with Crippen LogP contribution in [0.1, 0.15) is 31.2 Å². The molecule has 0 saturated carbocycles. The van der Waals surface area contributed by atoms with Gasteiger partial charge in [-0.15, -0.1) is 0 Å². The average molecular weight is 322 g/mol. The molecule has 1 amide bonds. The van der Waals surface area contributed by atoms with Crippen LogP contribution >= 0.6 is 11.8 Å². The van der Waals surface area contributed by atoms with Crippen LogP contribution in [0.15, 0.2) is 24.3 Å². The summed E-state index contributed by atoms with van der Waals surface area (Å²) in [5, 5.41) is 0. The highest BCUT2D eigenvalue weighted by Crippen LogP contribution is 2.32. The fourth-order valence-electron chi connectivity index (χ4n) is 3.04. The Kier molecular flexibility index (Phi) is 6.15. The van der Waals surface area contributed by atoms with Crippen LogP contribution in [0.4, 0.5) is 0 Å². The van der Waals surface area contributed by atoms with Crippen LogP contribution in [0.2, 0.25) is 0 Å². The van der Waals surface area contributed by atoms with Gasteiger partial charge in [0.25, 0.3) is 0 Å². The molecule has 1 aromatic carbocycles. The summed E-state index contributed by atoms with van der Waals surface area (Å²) in [5.74, 6) is 2.27. The molecule has 0 bridgehead atoms. The summed E-state index contributed by atoms with van der Waals surface area (Å²) in [5.41, 5.74) is 7.31. The van der Waals surface area contributed by atoms with Crippen molar-refractivity contribution in [2.24, 2.45) is 5.73 Å². The standard InChI is InChI=1S/C17H26N2O2S/c1-12-10-14(13-4-6-15(21-2)7-5-13)11-19(12)17(20)16(18)8-9-22-3/h4-7,12,14,16H,8-11,18H2,1-3H3/t12-,14-,16+/m1/s1. The lowest BCUT2D eigenvalue weighted by Gasteiger charge is -2.25. The van der Waals surface area contributed by atoms with Gasteiger partial charge in [0.15, 0.2) is 0 Å². The quantitative estimate of drug-likeness (QED) is 0.874. The molecule has 5 heteroatoms. The van der Waals surface area contributed by atoms with Crippen molar-refractivity contribution in [2.75, 3.05) is 25.7 Å². The van der Waals surface area contributed by atoms with E-state index in [9.17, 15) is 4.79 Å². The smallest absolute Gasteiger partial charge is 0.239 e. The third-order valence-corrected chi connectivity index (χ3v) is 5.04. The van der Waals surface area contributed by atoms with Gasteiger partial charge < -0.3 is 15.4 Å². The highest BCUT2D eigenvalue weighted by Gasteiger charge is 2.34. The Morgan fingerprint density at radius 2 is 2.14 bits per heavy atom. The largest absolute Gasteiger partial charge is 0.497 e. The number of methoxy groups -OCH3 is 1. The highest BCUT2D eigenvalue weighted by molar-refractivity contribution is 7.98. The number of amides is 1. The van der Waals surface area contributed by atoms with E-state index in [1.54, 1.807) is 18.9 Å². The summed E-state index contributed by atoms with van der Waals surface area (Å²) < 4.78 is 5.20. The van der Waals surface area contributed by atoms with E-state index in [0.717, 1.165) is 30.9 Å². The molecule has 1 heterocycles.